The fraction of sp³-hybridized carbons (Fsp3) is 0.300. The number of carbonyl (C=O) groups is 1. The molecule has 0 aliphatic rings. The number of carbonyl (C=O) groups excluding carboxylic acids is 1. The first-order valence-corrected chi connectivity index (χ1v) is 10.2. The van der Waals surface area contributed by atoms with Crippen molar-refractivity contribution < 1.29 is 4.79 Å². The smallest absolute Gasteiger partial charge is 0.329 e. The van der Waals surface area contributed by atoms with Crippen LogP contribution in [-0.2, 0) is 13.1 Å². The Bertz CT molecular complexity index is 1120. The molecule has 1 amide bonds. The van der Waals surface area contributed by atoms with Gasteiger partial charge in [0.25, 0.3) is 11.5 Å². The second-order valence-corrected chi connectivity index (χ2v) is 7.40. The molecule has 3 rings (SSSR count). The molecule has 0 saturated heterocycles. The Kier molecular flexibility index (Phi) is 5.99. The van der Waals surface area contributed by atoms with Crippen molar-refractivity contribution in [2.45, 2.75) is 31.3 Å². The van der Waals surface area contributed by atoms with Crippen LogP contribution in [-0.4, -0.2) is 38.6 Å². The predicted octanol–water partition coefficient (Wildman–Crippen LogP) is 2.49. The number of H-pyrrole nitrogens is 1. The maximum atomic E-state index is 12.8. The molecule has 0 fully saturated rings. The van der Waals surface area contributed by atoms with Gasteiger partial charge in [-0.15, -0.1) is 11.8 Å². The number of amides is 1. The van der Waals surface area contributed by atoms with Crippen LogP contribution in [0, 0.1) is 0 Å². The quantitative estimate of drug-likeness (QED) is 0.645. The highest BCUT2D eigenvalue weighted by Gasteiger charge is 2.16. The summed E-state index contributed by atoms with van der Waals surface area (Å²) in [4.78, 5) is 46.3. The van der Waals surface area contributed by atoms with Gasteiger partial charge in [-0.1, -0.05) is 19.1 Å². The molecule has 1 N–H and O–H groups in total. The van der Waals surface area contributed by atoms with Crippen molar-refractivity contribution in [3.8, 4) is 0 Å². The number of aromatic amines is 1. The van der Waals surface area contributed by atoms with Crippen LogP contribution in [0.2, 0.25) is 0 Å². The van der Waals surface area contributed by atoms with Crippen molar-refractivity contribution in [3.05, 3.63) is 68.5 Å². The van der Waals surface area contributed by atoms with Crippen LogP contribution in [0.3, 0.4) is 0 Å². The van der Waals surface area contributed by atoms with Crippen molar-refractivity contribution in [2.75, 3.05) is 13.3 Å². The molecule has 0 bridgehead atoms. The SMILES string of the molecule is CCCn1c(=O)[nH]c(=O)c2cc(C(=O)N(C)Cc3ccc(SC)cc3)cnc21. The maximum absolute atomic E-state index is 12.8. The van der Waals surface area contributed by atoms with E-state index in [1.165, 1.54) is 16.8 Å². The first-order valence-electron chi connectivity index (χ1n) is 8.96. The lowest BCUT2D eigenvalue weighted by molar-refractivity contribution is 0.0785. The topological polar surface area (TPSA) is 88.1 Å². The Balaban J connectivity index is 1.90. The average Bonchev–Trinajstić information content (AvgIpc) is 2.70. The summed E-state index contributed by atoms with van der Waals surface area (Å²) in [5.41, 5.74) is 0.587. The number of aryl methyl sites for hydroxylation is 1. The van der Waals surface area contributed by atoms with Crippen LogP contribution in [0.1, 0.15) is 29.3 Å². The van der Waals surface area contributed by atoms with Gasteiger partial charge in [0, 0.05) is 31.2 Å². The molecule has 0 unspecified atom stereocenters. The normalized spacial score (nSPS) is 11.0. The maximum Gasteiger partial charge on any atom is 0.329 e. The van der Waals surface area contributed by atoms with E-state index in [4.69, 9.17) is 0 Å². The molecular formula is C20H22N4O3S. The Morgan fingerprint density at radius 2 is 1.96 bits per heavy atom. The molecule has 1 aromatic carbocycles. The van der Waals surface area contributed by atoms with Gasteiger partial charge in [-0.3, -0.25) is 19.1 Å². The third-order valence-electron chi connectivity index (χ3n) is 4.45. The van der Waals surface area contributed by atoms with Crippen LogP contribution in [0.4, 0.5) is 0 Å². The van der Waals surface area contributed by atoms with E-state index in [-0.39, 0.29) is 11.3 Å². The zero-order valence-corrected chi connectivity index (χ0v) is 16.9. The molecule has 2 heterocycles. The summed E-state index contributed by atoms with van der Waals surface area (Å²) in [6.45, 7) is 2.82. The van der Waals surface area contributed by atoms with Gasteiger partial charge in [-0.2, -0.15) is 0 Å². The van der Waals surface area contributed by atoms with Crippen LogP contribution in [0.5, 0.6) is 0 Å². The highest BCUT2D eigenvalue weighted by Crippen LogP contribution is 2.17. The lowest BCUT2D eigenvalue weighted by atomic mass is 10.1. The summed E-state index contributed by atoms with van der Waals surface area (Å²) in [5.74, 6) is -0.240. The van der Waals surface area contributed by atoms with Gasteiger partial charge >= 0.3 is 5.69 Å². The number of nitrogens with one attached hydrogen (secondary N) is 1. The van der Waals surface area contributed by atoms with Gasteiger partial charge < -0.3 is 4.90 Å². The average molecular weight is 398 g/mol. The second kappa shape index (κ2) is 8.43. The van der Waals surface area contributed by atoms with E-state index >= 15 is 0 Å². The zero-order valence-electron chi connectivity index (χ0n) is 16.1. The van der Waals surface area contributed by atoms with Crippen molar-refractivity contribution in [3.63, 3.8) is 0 Å². The number of nitrogens with zero attached hydrogens (tertiary/aromatic N) is 3. The van der Waals surface area contributed by atoms with Crippen LogP contribution in [0.25, 0.3) is 11.0 Å². The van der Waals surface area contributed by atoms with Gasteiger partial charge in [0.1, 0.15) is 5.65 Å². The number of rotatable bonds is 6. The van der Waals surface area contributed by atoms with Crippen molar-refractivity contribution in [1.29, 1.82) is 0 Å². The van der Waals surface area contributed by atoms with Gasteiger partial charge in [0.05, 0.1) is 10.9 Å². The molecule has 7 nitrogen and oxygen atoms in total. The minimum absolute atomic E-state index is 0.233. The van der Waals surface area contributed by atoms with Gasteiger partial charge in [0.2, 0.25) is 0 Å². The second-order valence-electron chi connectivity index (χ2n) is 6.52. The highest BCUT2D eigenvalue weighted by atomic mass is 32.2. The standard InChI is InChI=1S/C20H22N4O3S/c1-4-9-24-17-16(18(25)22-20(24)27)10-14(11-21-17)19(26)23(2)12-13-5-7-15(28-3)8-6-13/h5-8,10-11H,4,9,12H2,1-3H3,(H,22,25,27). The van der Waals surface area contributed by atoms with E-state index in [9.17, 15) is 14.4 Å². The first kappa shape index (κ1) is 19.9. The predicted molar refractivity (Wildman–Crippen MR) is 111 cm³/mol. The number of fused-ring (bicyclic) bond motifs is 1. The third-order valence-corrected chi connectivity index (χ3v) is 5.20. The molecule has 3 aromatic rings. The van der Waals surface area contributed by atoms with Crippen LogP contribution in [0.15, 0.2) is 51.0 Å². The van der Waals surface area contributed by atoms with E-state index in [0.717, 1.165) is 16.9 Å². The third kappa shape index (κ3) is 4.01. The molecule has 8 heteroatoms. The number of hydrogen-bond donors (Lipinski definition) is 1. The Hall–Kier alpha value is -2.87. The molecule has 0 radical (unpaired) electrons. The van der Waals surface area contributed by atoms with Crippen molar-refractivity contribution >= 4 is 28.7 Å². The Morgan fingerprint density at radius 3 is 2.61 bits per heavy atom. The summed E-state index contributed by atoms with van der Waals surface area (Å²) >= 11 is 1.66. The van der Waals surface area contributed by atoms with E-state index < -0.39 is 11.2 Å². The minimum atomic E-state index is -0.537. The van der Waals surface area contributed by atoms with E-state index in [1.54, 1.807) is 23.7 Å². The van der Waals surface area contributed by atoms with E-state index in [0.29, 0.717) is 24.3 Å². The molecule has 2 aromatic heterocycles. The molecule has 0 aliphatic carbocycles. The molecule has 0 atom stereocenters. The summed E-state index contributed by atoms with van der Waals surface area (Å²) in [7, 11) is 1.71. The molecule has 28 heavy (non-hydrogen) atoms. The summed E-state index contributed by atoms with van der Waals surface area (Å²) in [6.07, 6.45) is 4.16. The number of hydrogen-bond acceptors (Lipinski definition) is 5. The van der Waals surface area contributed by atoms with Crippen LogP contribution >= 0.6 is 11.8 Å². The fourth-order valence-electron chi connectivity index (χ4n) is 3.01. The fourth-order valence-corrected chi connectivity index (χ4v) is 3.42. The van der Waals surface area contributed by atoms with Gasteiger partial charge in [-0.05, 0) is 36.4 Å². The zero-order chi connectivity index (χ0) is 20.3. The number of thioether (sulfide) groups is 1. The lowest BCUT2D eigenvalue weighted by Gasteiger charge is -2.18. The van der Waals surface area contributed by atoms with Crippen LogP contribution < -0.4 is 11.2 Å². The highest BCUT2D eigenvalue weighted by molar-refractivity contribution is 7.98. The Labute approximate surface area is 166 Å². The number of aromatic nitrogens is 3. The van der Waals surface area contributed by atoms with E-state index in [2.05, 4.69) is 9.97 Å². The van der Waals surface area contributed by atoms with E-state index in [1.807, 2.05) is 37.4 Å². The van der Waals surface area contributed by atoms with Crippen molar-refractivity contribution in [1.82, 2.24) is 19.4 Å². The molecule has 146 valence electrons. The number of pyridine rings is 1. The first-order chi connectivity index (χ1) is 13.4. The van der Waals surface area contributed by atoms with Crippen molar-refractivity contribution in [2.24, 2.45) is 0 Å². The number of benzene rings is 1. The largest absolute Gasteiger partial charge is 0.337 e. The van der Waals surface area contributed by atoms with Gasteiger partial charge in [0.15, 0.2) is 0 Å². The monoisotopic (exact) mass is 398 g/mol. The summed E-state index contributed by atoms with van der Waals surface area (Å²) in [6, 6.07) is 9.51. The summed E-state index contributed by atoms with van der Waals surface area (Å²) < 4.78 is 1.42. The molecular weight excluding hydrogens is 376 g/mol. The molecule has 0 saturated carbocycles. The molecule has 0 aliphatic heterocycles. The lowest BCUT2D eigenvalue weighted by Crippen LogP contribution is -2.31. The Morgan fingerprint density at radius 1 is 1.25 bits per heavy atom. The minimum Gasteiger partial charge on any atom is -0.337 e. The summed E-state index contributed by atoms with van der Waals surface area (Å²) in [5, 5.41) is 0.233. The van der Waals surface area contributed by atoms with Gasteiger partial charge in [-0.25, -0.2) is 9.78 Å². The molecule has 0 spiro atoms.